The fraction of sp³-hybridized carbons (Fsp3) is 0.647. The lowest BCUT2D eigenvalue weighted by atomic mass is 9.84. The van der Waals surface area contributed by atoms with Crippen LogP contribution in [-0.2, 0) is 6.18 Å². The standard InChI is InChI=1S/C17H24F3N/c1-21-16(11-10-13-6-3-2-4-7-13)14-8-5-9-15(12-14)17(18,19)20/h5,8-9,12-13,16,21H,2-4,6-7,10-11H2,1H3. The van der Waals surface area contributed by atoms with Crippen LogP contribution in [0.2, 0.25) is 0 Å². The molecule has 1 aliphatic rings. The van der Waals surface area contributed by atoms with Gasteiger partial charge in [-0.2, -0.15) is 13.2 Å². The van der Waals surface area contributed by atoms with Crippen LogP contribution in [-0.4, -0.2) is 7.05 Å². The molecule has 0 saturated heterocycles. The Morgan fingerprint density at radius 2 is 1.90 bits per heavy atom. The van der Waals surface area contributed by atoms with E-state index >= 15 is 0 Å². The molecule has 0 bridgehead atoms. The SMILES string of the molecule is CNC(CCC1CCCCC1)c1cccc(C(F)(F)F)c1. The Kier molecular flexibility index (Phi) is 5.68. The molecule has 1 N–H and O–H groups in total. The van der Waals surface area contributed by atoms with Crippen molar-refractivity contribution in [1.82, 2.24) is 5.32 Å². The van der Waals surface area contributed by atoms with Crippen molar-refractivity contribution in [3.8, 4) is 0 Å². The summed E-state index contributed by atoms with van der Waals surface area (Å²) in [6.07, 6.45) is 4.23. The Labute approximate surface area is 124 Å². The fourth-order valence-electron chi connectivity index (χ4n) is 3.29. The Morgan fingerprint density at radius 3 is 2.52 bits per heavy atom. The van der Waals surface area contributed by atoms with E-state index in [4.69, 9.17) is 0 Å². The van der Waals surface area contributed by atoms with Gasteiger partial charge >= 0.3 is 6.18 Å². The third-order valence-corrected chi connectivity index (χ3v) is 4.55. The summed E-state index contributed by atoms with van der Waals surface area (Å²) in [6, 6.07) is 5.72. The lowest BCUT2D eigenvalue weighted by Gasteiger charge is -2.24. The van der Waals surface area contributed by atoms with Crippen LogP contribution in [0.3, 0.4) is 0 Å². The minimum absolute atomic E-state index is 0.00854. The third kappa shape index (κ3) is 4.73. The van der Waals surface area contributed by atoms with Crippen LogP contribution in [0.5, 0.6) is 0 Å². The zero-order chi connectivity index (χ0) is 15.3. The molecular weight excluding hydrogens is 275 g/mol. The smallest absolute Gasteiger partial charge is 0.313 e. The third-order valence-electron chi connectivity index (χ3n) is 4.55. The summed E-state index contributed by atoms with van der Waals surface area (Å²) in [4.78, 5) is 0. The van der Waals surface area contributed by atoms with Crippen molar-refractivity contribution in [3.05, 3.63) is 35.4 Å². The molecule has 4 heteroatoms. The molecular formula is C17H24F3N. The van der Waals surface area contributed by atoms with Crippen LogP contribution in [0.25, 0.3) is 0 Å². The molecule has 0 aromatic heterocycles. The number of rotatable bonds is 5. The van der Waals surface area contributed by atoms with Gasteiger partial charge in [-0.15, -0.1) is 0 Å². The second-order valence-electron chi connectivity index (χ2n) is 6.05. The van der Waals surface area contributed by atoms with E-state index in [0.29, 0.717) is 0 Å². The van der Waals surface area contributed by atoms with Gasteiger partial charge in [-0.1, -0.05) is 44.2 Å². The number of hydrogen-bond acceptors (Lipinski definition) is 1. The maximum absolute atomic E-state index is 12.8. The van der Waals surface area contributed by atoms with Gasteiger partial charge in [0.05, 0.1) is 5.56 Å². The normalized spacial score (nSPS) is 18.7. The lowest BCUT2D eigenvalue weighted by molar-refractivity contribution is -0.137. The highest BCUT2D eigenvalue weighted by atomic mass is 19.4. The summed E-state index contributed by atoms with van der Waals surface area (Å²) in [6.45, 7) is 0. The van der Waals surface area contributed by atoms with E-state index < -0.39 is 11.7 Å². The zero-order valence-corrected chi connectivity index (χ0v) is 12.5. The molecule has 1 aromatic rings. The van der Waals surface area contributed by atoms with Crippen molar-refractivity contribution >= 4 is 0 Å². The van der Waals surface area contributed by atoms with Crippen molar-refractivity contribution in [2.45, 2.75) is 57.2 Å². The first kappa shape index (κ1) is 16.3. The first-order valence-electron chi connectivity index (χ1n) is 7.85. The molecule has 1 aromatic carbocycles. The molecule has 1 aliphatic carbocycles. The highest BCUT2D eigenvalue weighted by molar-refractivity contribution is 5.28. The molecule has 21 heavy (non-hydrogen) atoms. The summed E-state index contributed by atoms with van der Waals surface area (Å²) in [5, 5.41) is 3.17. The summed E-state index contributed by atoms with van der Waals surface area (Å²) in [5.41, 5.74) is 0.182. The Hall–Kier alpha value is -1.03. The topological polar surface area (TPSA) is 12.0 Å². The molecule has 118 valence electrons. The van der Waals surface area contributed by atoms with Gasteiger partial charge in [-0.25, -0.2) is 0 Å². The van der Waals surface area contributed by atoms with Crippen LogP contribution in [0.15, 0.2) is 24.3 Å². The minimum atomic E-state index is -4.27. The summed E-state index contributed by atoms with van der Waals surface area (Å²) < 4.78 is 38.4. The lowest BCUT2D eigenvalue weighted by Crippen LogP contribution is -2.19. The van der Waals surface area contributed by atoms with Crippen molar-refractivity contribution in [2.24, 2.45) is 5.92 Å². The zero-order valence-electron chi connectivity index (χ0n) is 12.5. The molecule has 1 unspecified atom stereocenters. The molecule has 0 radical (unpaired) electrons. The minimum Gasteiger partial charge on any atom is -0.313 e. The number of hydrogen-bond donors (Lipinski definition) is 1. The quantitative estimate of drug-likeness (QED) is 0.775. The van der Waals surface area contributed by atoms with Crippen molar-refractivity contribution in [3.63, 3.8) is 0 Å². The van der Waals surface area contributed by atoms with E-state index in [9.17, 15) is 13.2 Å². The average molecular weight is 299 g/mol. The highest BCUT2D eigenvalue weighted by Crippen LogP contribution is 2.33. The van der Waals surface area contributed by atoms with E-state index in [-0.39, 0.29) is 6.04 Å². The van der Waals surface area contributed by atoms with Crippen molar-refractivity contribution in [1.29, 1.82) is 0 Å². The Bertz CT molecular complexity index is 436. The van der Waals surface area contributed by atoms with Gasteiger partial charge in [0.1, 0.15) is 0 Å². The number of benzene rings is 1. The Balaban J connectivity index is 1.99. The van der Waals surface area contributed by atoms with Crippen molar-refractivity contribution < 1.29 is 13.2 Å². The summed E-state index contributed by atoms with van der Waals surface area (Å²) >= 11 is 0. The van der Waals surface area contributed by atoms with E-state index in [2.05, 4.69) is 5.32 Å². The molecule has 0 spiro atoms. The van der Waals surface area contributed by atoms with Gasteiger partial charge in [-0.05, 0) is 43.5 Å². The largest absolute Gasteiger partial charge is 0.416 e. The second-order valence-corrected chi connectivity index (χ2v) is 6.05. The van der Waals surface area contributed by atoms with Gasteiger partial charge in [0.2, 0.25) is 0 Å². The van der Waals surface area contributed by atoms with Gasteiger partial charge < -0.3 is 5.32 Å². The predicted molar refractivity (Wildman–Crippen MR) is 79.1 cm³/mol. The van der Waals surface area contributed by atoms with Crippen molar-refractivity contribution in [2.75, 3.05) is 7.05 Å². The maximum Gasteiger partial charge on any atom is 0.416 e. The molecule has 1 nitrogen and oxygen atoms in total. The van der Waals surface area contributed by atoms with Crippen LogP contribution in [0.4, 0.5) is 13.2 Å². The summed E-state index contributed by atoms with van der Waals surface area (Å²) in [7, 11) is 1.83. The molecule has 0 aliphatic heterocycles. The molecule has 2 rings (SSSR count). The molecule has 0 heterocycles. The fourth-order valence-corrected chi connectivity index (χ4v) is 3.29. The molecule has 1 atom stereocenters. The first-order valence-corrected chi connectivity index (χ1v) is 7.85. The second kappa shape index (κ2) is 7.30. The number of halogens is 3. The van der Waals surface area contributed by atoms with Gasteiger partial charge in [0.25, 0.3) is 0 Å². The van der Waals surface area contributed by atoms with Gasteiger partial charge in [-0.3, -0.25) is 0 Å². The monoisotopic (exact) mass is 299 g/mol. The van der Waals surface area contributed by atoms with E-state index in [1.54, 1.807) is 6.07 Å². The van der Waals surface area contributed by atoms with Crippen LogP contribution in [0.1, 0.15) is 62.1 Å². The van der Waals surface area contributed by atoms with Gasteiger partial charge in [0.15, 0.2) is 0 Å². The average Bonchev–Trinajstić information content (AvgIpc) is 2.48. The Morgan fingerprint density at radius 1 is 1.19 bits per heavy atom. The van der Waals surface area contributed by atoms with Crippen LogP contribution in [0, 0.1) is 5.92 Å². The predicted octanol–water partition coefficient (Wildman–Crippen LogP) is 5.33. The van der Waals surface area contributed by atoms with Crippen LogP contribution >= 0.6 is 0 Å². The molecule has 1 fully saturated rings. The van der Waals surface area contributed by atoms with E-state index in [1.165, 1.54) is 44.2 Å². The van der Waals surface area contributed by atoms with E-state index in [1.807, 2.05) is 7.05 Å². The highest BCUT2D eigenvalue weighted by Gasteiger charge is 2.30. The number of alkyl halides is 3. The molecule has 0 amide bonds. The van der Waals surface area contributed by atoms with Gasteiger partial charge in [0, 0.05) is 6.04 Å². The van der Waals surface area contributed by atoms with E-state index in [0.717, 1.165) is 30.4 Å². The maximum atomic E-state index is 12.8. The van der Waals surface area contributed by atoms with Crippen LogP contribution < -0.4 is 5.32 Å². The first-order chi connectivity index (χ1) is 10.0. The summed E-state index contributed by atoms with van der Waals surface area (Å²) in [5.74, 6) is 0.750. The number of nitrogens with one attached hydrogen (secondary N) is 1. The molecule has 1 saturated carbocycles.